The molecule has 18 heavy (non-hydrogen) atoms. The summed E-state index contributed by atoms with van der Waals surface area (Å²) in [7, 11) is 0. The van der Waals surface area contributed by atoms with E-state index in [4.69, 9.17) is 0 Å². The Kier molecular flexibility index (Phi) is 4.80. The van der Waals surface area contributed by atoms with Gasteiger partial charge in [0, 0.05) is 5.92 Å². The maximum absolute atomic E-state index is 13.9. The summed E-state index contributed by atoms with van der Waals surface area (Å²) in [5.41, 5.74) is 0. The molecule has 0 aromatic carbocycles. The van der Waals surface area contributed by atoms with Crippen molar-refractivity contribution in [2.24, 2.45) is 23.7 Å². The number of alkyl halides is 2. The molecule has 2 aliphatic carbocycles. The molecular formula is C16H26F2. The first-order valence-electron chi connectivity index (χ1n) is 7.52. The standard InChI is InChI=1S/C16H26F2/c1-11-3-5-13(6-4-11)7-8-14-15(17)9-12(2)10-16(14)18/h7-8,11-16H,3-6,9-10H2,1-2H3/b8-7+. The summed E-state index contributed by atoms with van der Waals surface area (Å²) in [6.45, 7) is 4.24. The van der Waals surface area contributed by atoms with Crippen molar-refractivity contribution in [2.45, 2.75) is 64.7 Å². The van der Waals surface area contributed by atoms with E-state index in [9.17, 15) is 8.78 Å². The molecule has 0 aliphatic heterocycles. The van der Waals surface area contributed by atoms with Crippen LogP contribution in [0.25, 0.3) is 0 Å². The molecular weight excluding hydrogens is 230 g/mol. The fraction of sp³-hybridized carbons (Fsp3) is 0.875. The van der Waals surface area contributed by atoms with Gasteiger partial charge in [-0.1, -0.05) is 38.8 Å². The SMILES string of the molecule is CC1CCC(/C=C/C2C(F)CC(C)CC2F)CC1. The highest BCUT2D eigenvalue weighted by atomic mass is 19.1. The summed E-state index contributed by atoms with van der Waals surface area (Å²) in [6, 6.07) is 0. The van der Waals surface area contributed by atoms with E-state index in [1.807, 2.05) is 13.0 Å². The Hall–Kier alpha value is -0.400. The lowest BCUT2D eigenvalue weighted by Crippen LogP contribution is -2.33. The monoisotopic (exact) mass is 256 g/mol. The van der Waals surface area contributed by atoms with Crippen molar-refractivity contribution in [3.63, 3.8) is 0 Å². The summed E-state index contributed by atoms with van der Waals surface area (Å²) in [5.74, 6) is 1.09. The van der Waals surface area contributed by atoms with Gasteiger partial charge in [-0.05, 0) is 43.4 Å². The van der Waals surface area contributed by atoms with Crippen molar-refractivity contribution < 1.29 is 8.78 Å². The van der Waals surface area contributed by atoms with Crippen LogP contribution < -0.4 is 0 Å². The number of rotatable bonds is 2. The molecule has 0 aromatic rings. The third-order valence-electron chi connectivity index (χ3n) is 4.76. The molecule has 2 saturated carbocycles. The maximum atomic E-state index is 13.9. The lowest BCUT2D eigenvalue weighted by atomic mass is 9.78. The van der Waals surface area contributed by atoms with Crippen molar-refractivity contribution in [3.05, 3.63) is 12.2 Å². The molecule has 2 rings (SSSR count). The van der Waals surface area contributed by atoms with Gasteiger partial charge in [0.05, 0.1) is 0 Å². The quantitative estimate of drug-likeness (QED) is 0.604. The molecule has 0 heterocycles. The van der Waals surface area contributed by atoms with Gasteiger partial charge < -0.3 is 0 Å². The third kappa shape index (κ3) is 3.55. The Morgan fingerprint density at radius 3 is 1.89 bits per heavy atom. The minimum Gasteiger partial charge on any atom is -0.247 e. The minimum absolute atomic E-state index is 0.190. The van der Waals surface area contributed by atoms with E-state index in [1.165, 1.54) is 25.7 Å². The van der Waals surface area contributed by atoms with Crippen LogP contribution in [0, 0.1) is 23.7 Å². The zero-order valence-corrected chi connectivity index (χ0v) is 11.6. The highest BCUT2D eigenvalue weighted by Gasteiger charge is 2.35. The summed E-state index contributed by atoms with van der Waals surface area (Å²) in [5, 5.41) is 0. The van der Waals surface area contributed by atoms with Crippen LogP contribution in [0.1, 0.15) is 52.4 Å². The molecule has 0 radical (unpaired) electrons. The normalized spacial score (nSPS) is 46.4. The minimum atomic E-state index is -0.984. The van der Waals surface area contributed by atoms with Gasteiger partial charge in [0.2, 0.25) is 0 Å². The molecule has 0 nitrogen and oxygen atoms in total. The van der Waals surface area contributed by atoms with Crippen molar-refractivity contribution in [3.8, 4) is 0 Å². The van der Waals surface area contributed by atoms with E-state index in [0.29, 0.717) is 18.8 Å². The van der Waals surface area contributed by atoms with Crippen molar-refractivity contribution in [2.75, 3.05) is 0 Å². The molecule has 0 amide bonds. The summed E-state index contributed by atoms with van der Waals surface area (Å²) in [4.78, 5) is 0. The predicted molar refractivity (Wildman–Crippen MR) is 71.9 cm³/mol. The summed E-state index contributed by atoms with van der Waals surface area (Å²) >= 11 is 0. The first kappa shape index (κ1) is 14.0. The Balaban J connectivity index is 1.87. The third-order valence-corrected chi connectivity index (χ3v) is 4.76. The van der Waals surface area contributed by atoms with Gasteiger partial charge in [0.1, 0.15) is 12.3 Å². The zero-order valence-electron chi connectivity index (χ0n) is 11.6. The van der Waals surface area contributed by atoms with E-state index in [1.54, 1.807) is 0 Å². The fourth-order valence-corrected chi connectivity index (χ4v) is 3.41. The van der Waals surface area contributed by atoms with Gasteiger partial charge in [-0.15, -0.1) is 0 Å². The van der Waals surface area contributed by atoms with Crippen LogP contribution >= 0.6 is 0 Å². The van der Waals surface area contributed by atoms with E-state index >= 15 is 0 Å². The molecule has 0 N–H and O–H groups in total. The van der Waals surface area contributed by atoms with Crippen LogP contribution in [0.15, 0.2) is 12.2 Å². The van der Waals surface area contributed by atoms with Gasteiger partial charge >= 0.3 is 0 Å². The number of allylic oxidation sites excluding steroid dienone is 2. The maximum Gasteiger partial charge on any atom is 0.109 e. The Bertz CT molecular complexity index is 267. The van der Waals surface area contributed by atoms with E-state index in [0.717, 1.165) is 5.92 Å². The second-order valence-electron chi connectivity index (χ2n) is 6.59. The van der Waals surface area contributed by atoms with Crippen molar-refractivity contribution in [1.82, 2.24) is 0 Å². The molecule has 2 fully saturated rings. The molecule has 104 valence electrons. The fourth-order valence-electron chi connectivity index (χ4n) is 3.41. The highest BCUT2D eigenvalue weighted by molar-refractivity contribution is 5.01. The Labute approximate surface area is 110 Å². The molecule has 0 saturated heterocycles. The number of halogens is 2. The lowest BCUT2D eigenvalue weighted by molar-refractivity contribution is 0.0760. The van der Waals surface area contributed by atoms with Crippen LogP contribution in [0.4, 0.5) is 8.78 Å². The van der Waals surface area contributed by atoms with Crippen LogP contribution in [-0.4, -0.2) is 12.3 Å². The molecule has 0 spiro atoms. The highest BCUT2D eigenvalue weighted by Crippen LogP contribution is 2.35. The molecule has 2 aliphatic rings. The number of hydrogen-bond acceptors (Lipinski definition) is 0. The second kappa shape index (κ2) is 6.16. The van der Waals surface area contributed by atoms with E-state index in [2.05, 4.69) is 13.0 Å². The van der Waals surface area contributed by atoms with Crippen LogP contribution in [0.2, 0.25) is 0 Å². The summed E-state index contributed by atoms with van der Waals surface area (Å²) < 4.78 is 27.7. The molecule has 2 unspecified atom stereocenters. The zero-order chi connectivity index (χ0) is 13.1. The predicted octanol–water partition coefficient (Wildman–Crippen LogP) is 5.09. The molecule has 2 atom stereocenters. The Morgan fingerprint density at radius 1 is 0.778 bits per heavy atom. The van der Waals surface area contributed by atoms with Crippen molar-refractivity contribution >= 4 is 0 Å². The van der Waals surface area contributed by atoms with Gasteiger partial charge in [-0.3, -0.25) is 0 Å². The number of hydrogen-bond donors (Lipinski definition) is 0. The average molecular weight is 256 g/mol. The lowest BCUT2D eigenvalue weighted by Gasteiger charge is -2.31. The first-order valence-corrected chi connectivity index (χ1v) is 7.52. The van der Waals surface area contributed by atoms with Crippen LogP contribution in [-0.2, 0) is 0 Å². The summed E-state index contributed by atoms with van der Waals surface area (Å²) in [6.07, 6.45) is 7.93. The average Bonchev–Trinajstić information content (AvgIpc) is 2.30. The first-order chi connectivity index (χ1) is 8.56. The van der Waals surface area contributed by atoms with Gasteiger partial charge in [0.15, 0.2) is 0 Å². The van der Waals surface area contributed by atoms with E-state index in [-0.39, 0.29) is 5.92 Å². The smallest absolute Gasteiger partial charge is 0.109 e. The van der Waals surface area contributed by atoms with Gasteiger partial charge in [0.25, 0.3) is 0 Å². The topological polar surface area (TPSA) is 0 Å². The Morgan fingerprint density at radius 2 is 1.33 bits per heavy atom. The molecule has 2 heteroatoms. The van der Waals surface area contributed by atoms with Crippen LogP contribution in [0.3, 0.4) is 0 Å². The van der Waals surface area contributed by atoms with E-state index < -0.39 is 18.3 Å². The molecule has 0 aromatic heterocycles. The van der Waals surface area contributed by atoms with Gasteiger partial charge in [-0.2, -0.15) is 0 Å². The largest absolute Gasteiger partial charge is 0.247 e. The molecule has 0 bridgehead atoms. The van der Waals surface area contributed by atoms with Crippen LogP contribution in [0.5, 0.6) is 0 Å². The second-order valence-corrected chi connectivity index (χ2v) is 6.59. The van der Waals surface area contributed by atoms with Crippen molar-refractivity contribution in [1.29, 1.82) is 0 Å². The van der Waals surface area contributed by atoms with Gasteiger partial charge in [-0.25, -0.2) is 8.78 Å².